The molecule has 5 nitrogen and oxygen atoms in total. The molecule has 20 heavy (non-hydrogen) atoms. The molecule has 0 aliphatic heterocycles. The largest absolute Gasteiger partial charge is 0.483 e. The first kappa shape index (κ1) is 14.0. The third kappa shape index (κ3) is 3.80. The van der Waals surface area contributed by atoms with Crippen molar-refractivity contribution in [3.05, 3.63) is 59.1 Å². The van der Waals surface area contributed by atoms with Crippen molar-refractivity contribution in [3.8, 4) is 5.75 Å². The second-order valence-corrected chi connectivity index (χ2v) is 4.19. The lowest BCUT2D eigenvalue weighted by Crippen LogP contribution is -2.02. The number of rotatable bonds is 5. The van der Waals surface area contributed by atoms with Crippen LogP contribution in [-0.4, -0.2) is 21.0 Å². The topological polar surface area (TPSA) is 72.3 Å². The molecule has 0 atom stereocenters. The summed E-state index contributed by atoms with van der Waals surface area (Å²) in [5, 5.41) is 9.06. The monoisotopic (exact) mass is 290 g/mol. The van der Waals surface area contributed by atoms with Crippen LogP contribution >= 0.6 is 11.6 Å². The standard InChI is InChI=1S/C14H11ClN2O3/c15-11-4-1-3-10(5-6-13(18)19)14(11)20-9-12-16-7-2-8-17-12/h1-8H,9H2,(H,18,19)/b6-5+. The summed E-state index contributed by atoms with van der Waals surface area (Å²) in [5.41, 5.74) is 0.579. The fourth-order valence-corrected chi connectivity index (χ4v) is 1.75. The summed E-state index contributed by atoms with van der Waals surface area (Å²) >= 11 is 6.06. The zero-order chi connectivity index (χ0) is 14.4. The van der Waals surface area contributed by atoms with E-state index in [-0.39, 0.29) is 6.61 Å². The minimum absolute atomic E-state index is 0.151. The molecule has 2 aromatic rings. The number of hydrogen-bond donors (Lipinski definition) is 1. The fraction of sp³-hybridized carbons (Fsp3) is 0.0714. The number of aromatic nitrogens is 2. The van der Waals surface area contributed by atoms with Crippen LogP contribution in [0, 0.1) is 0 Å². The van der Waals surface area contributed by atoms with E-state index in [9.17, 15) is 4.79 Å². The third-order valence-corrected chi connectivity index (χ3v) is 2.67. The van der Waals surface area contributed by atoms with Crippen molar-refractivity contribution in [3.63, 3.8) is 0 Å². The second kappa shape index (κ2) is 6.68. The Bertz CT molecular complexity index is 630. The average molecular weight is 291 g/mol. The van der Waals surface area contributed by atoms with Gasteiger partial charge in [-0.3, -0.25) is 0 Å². The molecule has 0 aliphatic rings. The summed E-state index contributed by atoms with van der Waals surface area (Å²) in [5.74, 6) is -0.123. The van der Waals surface area contributed by atoms with Crippen LogP contribution in [0.2, 0.25) is 5.02 Å². The first-order valence-electron chi connectivity index (χ1n) is 5.75. The molecule has 0 aliphatic carbocycles. The van der Waals surface area contributed by atoms with Crippen molar-refractivity contribution in [2.24, 2.45) is 0 Å². The molecule has 6 heteroatoms. The molecule has 1 N–H and O–H groups in total. The fourth-order valence-electron chi connectivity index (χ4n) is 1.51. The second-order valence-electron chi connectivity index (χ2n) is 3.78. The van der Waals surface area contributed by atoms with Crippen molar-refractivity contribution in [1.29, 1.82) is 0 Å². The van der Waals surface area contributed by atoms with Gasteiger partial charge >= 0.3 is 5.97 Å². The zero-order valence-corrected chi connectivity index (χ0v) is 11.1. The van der Waals surface area contributed by atoms with Crippen LogP contribution in [0.1, 0.15) is 11.4 Å². The highest BCUT2D eigenvalue weighted by atomic mass is 35.5. The summed E-state index contributed by atoms with van der Waals surface area (Å²) in [4.78, 5) is 18.6. The minimum atomic E-state index is -1.04. The van der Waals surface area contributed by atoms with Gasteiger partial charge in [0.25, 0.3) is 0 Å². The lowest BCUT2D eigenvalue weighted by atomic mass is 10.2. The van der Waals surface area contributed by atoms with Crippen molar-refractivity contribution >= 4 is 23.6 Å². The van der Waals surface area contributed by atoms with E-state index in [0.717, 1.165) is 6.08 Å². The van der Waals surface area contributed by atoms with Gasteiger partial charge in [0.2, 0.25) is 0 Å². The van der Waals surface area contributed by atoms with Crippen molar-refractivity contribution < 1.29 is 14.6 Å². The number of ether oxygens (including phenoxy) is 1. The van der Waals surface area contributed by atoms with E-state index in [1.165, 1.54) is 6.08 Å². The molecule has 102 valence electrons. The number of benzene rings is 1. The van der Waals surface area contributed by atoms with E-state index < -0.39 is 5.97 Å². The maximum atomic E-state index is 10.6. The van der Waals surface area contributed by atoms with Crippen molar-refractivity contribution in [1.82, 2.24) is 9.97 Å². The molecule has 0 unspecified atom stereocenters. The van der Waals surface area contributed by atoms with Gasteiger partial charge in [-0.15, -0.1) is 0 Å². The lowest BCUT2D eigenvalue weighted by molar-refractivity contribution is -0.131. The quantitative estimate of drug-likeness (QED) is 0.857. The lowest BCUT2D eigenvalue weighted by Gasteiger charge is -2.10. The highest BCUT2D eigenvalue weighted by Crippen LogP contribution is 2.30. The van der Waals surface area contributed by atoms with E-state index in [4.69, 9.17) is 21.4 Å². The number of halogens is 1. The van der Waals surface area contributed by atoms with Crippen LogP contribution in [0.5, 0.6) is 5.75 Å². The maximum Gasteiger partial charge on any atom is 0.328 e. The highest BCUT2D eigenvalue weighted by molar-refractivity contribution is 6.32. The molecule has 0 radical (unpaired) electrons. The number of aliphatic carboxylic acids is 1. The van der Waals surface area contributed by atoms with Gasteiger partial charge in [-0.05, 0) is 18.2 Å². The number of hydrogen-bond acceptors (Lipinski definition) is 4. The number of carboxylic acid groups (broad SMARTS) is 1. The van der Waals surface area contributed by atoms with Crippen LogP contribution in [0.4, 0.5) is 0 Å². The Labute approximate surface area is 120 Å². The SMILES string of the molecule is O=C(O)/C=C/c1cccc(Cl)c1OCc1ncccn1. The highest BCUT2D eigenvalue weighted by Gasteiger charge is 2.07. The molecular formula is C14H11ClN2O3. The van der Waals surface area contributed by atoms with Gasteiger partial charge in [-0.1, -0.05) is 23.7 Å². The van der Waals surface area contributed by atoms with E-state index in [1.807, 2.05) is 0 Å². The zero-order valence-electron chi connectivity index (χ0n) is 10.4. The number of nitrogens with zero attached hydrogens (tertiary/aromatic N) is 2. The molecular weight excluding hydrogens is 280 g/mol. The van der Waals surface area contributed by atoms with Crippen LogP contribution in [0.3, 0.4) is 0 Å². The van der Waals surface area contributed by atoms with Gasteiger partial charge in [-0.25, -0.2) is 14.8 Å². The first-order chi connectivity index (χ1) is 9.66. The van der Waals surface area contributed by atoms with Crippen LogP contribution < -0.4 is 4.74 Å². The van der Waals surface area contributed by atoms with E-state index in [0.29, 0.717) is 22.2 Å². The number of para-hydroxylation sites is 1. The predicted octanol–water partition coefficient (Wildman–Crippen LogP) is 2.81. The third-order valence-electron chi connectivity index (χ3n) is 2.37. The molecule has 1 aromatic carbocycles. The molecule has 0 spiro atoms. The molecule has 0 amide bonds. The summed E-state index contributed by atoms with van der Waals surface area (Å²) < 4.78 is 5.59. The van der Waals surface area contributed by atoms with Gasteiger partial charge in [0, 0.05) is 24.0 Å². The Morgan fingerprint density at radius 3 is 2.75 bits per heavy atom. The number of carboxylic acids is 1. The molecule has 0 saturated heterocycles. The predicted molar refractivity (Wildman–Crippen MR) is 74.5 cm³/mol. The molecule has 2 rings (SSSR count). The van der Waals surface area contributed by atoms with Crippen molar-refractivity contribution in [2.75, 3.05) is 0 Å². The molecule has 0 bridgehead atoms. The van der Waals surface area contributed by atoms with Crippen molar-refractivity contribution in [2.45, 2.75) is 6.61 Å². The summed E-state index contributed by atoms with van der Waals surface area (Å²) in [6.07, 6.45) is 5.68. The Morgan fingerprint density at radius 2 is 2.05 bits per heavy atom. The Morgan fingerprint density at radius 1 is 1.30 bits per heavy atom. The van der Waals surface area contributed by atoms with E-state index in [2.05, 4.69) is 9.97 Å². The van der Waals surface area contributed by atoms with Gasteiger partial charge in [0.1, 0.15) is 12.4 Å². The number of carbonyl (C=O) groups is 1. The average Bonchev–Trinajstić information content (AvgIpc) is 2.45. The Balaban J connectivity index is 2.19. The van der Waals surface area contributed by atoms with Crippen LogP contribution in [-0.2, 0) is 11.4 Å². The molecule has 1 aromatic heterocycles. The minimum Gasteiger partial charge on any atom is -0.483 e. The Hall–Kier alpha value is -2.40. The molecule has 0 saturated carbocycles. The van der Waals surface area contributed by atoms with E-state index >= 15 is 0 Å². The summed E-state index contributed by atoms with van der Waals surface area (Å²) in [6.45, 7) is 0.151. The van der Waals surface area contributed by atoms with Crippen LogP contribution in [0.15, 0.2) is 42.7 Å². The summed E-state index contributed by atoms with van der Waals surface area (Å²) in [7, 11) is 0. The van der Waals surface area contributed by atoms with Gasteiger partial charge in [-0.2, -0.15) is 0 Å². The smallest absolute Gasteiger partial charge is 0.328 e. The Kier molecular flexibility index (Phi) is 4.68. The van der Waals surface area contributed by atoms with Crippen LogP contribution in [0.25, 0.3) is 6.08 Å². The maximum absolute atomic E-state index is 10.6. The molecule has 0 fully saturated rings. The normalized spacial score (nSPS) is 10.7. The van der Waals surface area contributed by atoms with E-state index in [1.54, 1.807) is 36.7 Å². The molecule has 1 heterocycles. The van der Waals surface area contributed by atoms with Gasteiger partial charge < -0.3 is 9.84 Å². The van der Waals surface area contributed by atoms with Gasteiger partial charge in [0.05, 0.1) is 5.02 Å². The summed E-state index contributed by atoms with van der Waals surface area (Å²) in [6, 6.07) is 6.81. The van der Waals surface area contributed by atoms with Gasteiger partial charge in [0.15, 0.2) is 5.82 Å². The first-order valence-corrected chi connectivity index (χ1v) is 6.13.